The highest BCUT2D eigenvalue weighted by atomic mass is 16.1. The van der Waals surface area contributed by atoms with Gasteiger partial charge in [-0.3, -0.25) is 9.78 Å². The van der Waals surface area contributed by atoms with Crippen LogP contribution in [0.5, 0.6) is 0 Å². The molecule has 0 atom stereocenters. The van der Waals surface area contributed by atoms with Crippen LogP contribution < -0.4 is 5.32 Å². The maximum absolute atomic E-state index is 11.2. The van der Waals surface area contributed by atoms with Gasteiger partial charge in [-0.25, -0.2) is 0 Å². The van der Waals surface area contributed by atoms with Gasteiger partial charge in [0.1, 0.15) is 0 Å². The van der Waals surface area contributed by atoms with E-state index in [9.17, 15) is 4.79 Å². The van der Waals surface area contributed by atoms with Gasteiger partial charge in [0.2, 0.25) is 0 Å². The third kappa shape index (κ3) is 2.45. The van der Waals surface area contributed by atoms with E-state index in [-0.39, 0.29) is 5.78 Å². The molecule has 80 valence electrons. The van der Waals surface area contributed by atoms with Crippen molar-refractivity contribution in [2.45, 2.75) is 6.92 Å². The summed E-state index contributed by atoms with van der Waals surface area (Å²) < 4.78 is 0. The van der Waals surface area contributed by atoms with Crippen molar-refractivity contribution in [3.05, 3.63) is 54.4 Å². The first-order valence-corrected chi connectivity index (χ1v) is 5.04. The highest BCUT2D eigenvalue weighted by Crippen LogP contribution is 2.16. The van der Waals surface area contributed by atoms with Crippen LogP contribution in [-0.4, -0.2) is 10.8 Å². The molecule has 16 heavy (non-hydrogen) atoms. The third-order valence-electron chi connectivity index (χ3n) is 2.22. The molecule has 0 saturated carbocycles. The molecule has 0 aliphatic rings. The number of carbonyl (C=O) groups excluding carboxylic acids is 1. The van der Waals surface area contributed by atoms with Gasteiger partial charge < -0.3 is 5.32 Å². The normalized spacial score (nSPS) is 9.81. The second-order valence-electron chi connectivity index (χ2n) is 3.50. The average molecular weight is 212 g/mol. The molecule has 0 aliphatic heterocycles. The lowest BCUT2D eigenvalue weighted by Gasteiger charge is -2.06. The van der Waals surface area contributed by atoms with E-state index in [0.717, 1.165) is 11.4 Å². The van der Waals surface area contributed by atoms with Crippen molar-refractivity contribution >= 4 is 17.2 Å². The van der Waals surface area contributed by atoms with Crippen LogP contribution >= 0.6 is 0 Å². The summed E-state index contributed by atoms with van der Waals surface area (Å²) in [6.45, 7) is 1.56. The molecule has 0 radical (unpaired) electrons. The quantitative estimate of drug-likeness (QED) is 0.795. The molecular weight excluding hydrogens is 200 g/mol. The summed E-state index contributed by atoms with van der Waals surface area (Å²) in [6.07, 6.45) is 3.46. The Morgan fingerprint density at radius 3 is 2.69 bits per heavy atom. The largest absolute Gasteiger partial charge is 0.354 e. The van der Waals surface area contributed by atoms with Gasteiger partial charge in [-0.2, -0.15) is 0 Å². The summed E-state index contributed by atoms with van der Waals surface area (Å²) in [7, 11) is 0. The molecular formula is C13H12N2O. The zero-order chi connectivity index (χ0) is 11.4. The van der Waals surface area contributed by atoms with E-state index in [4.69, 9.17) is 0 Å². The molecule has 1 aromatic carbocycles. The molecule has 0 saturated heterocycles. The van der Waals surface area contributed by atoms with Crippen molar-refractivity contribution in [2.24, 2.45) is 0 Å². The molecule has 0 aliphatic carbocycles. The van der Waals surface area contributed by atoms with Crippen molar-refractivity contribution in [3.8, 4) is 0 Å². The summed E-state index contributed by atoms with van der Waals surface area (Å²) in [5, 5.41) is 3.18. The van der Waals surface area contributed by atoms with Gasteiger partial charge in [-0.1, -0.05) is 12.1 Å². The van der Waals surface area contributed by atoms with Crippen molar-refractivity contribution < 1.29 is 4.79 Å². The van der Waals surface area contributed by atoms with Gasteiger partial charge in [0.15, 0.2) is 5.78 Å². The lowest BCUT2D eigenvalue weighted by molar-refractivity contribution is 0.101. The number of carbonyl (C=O) groups is 1. The lowest BCUT2D eigenvalue weighted by Crippen LogP contribution is -1.95. The number of nitrogens with one attached hydrogen (secondary N) is 1. The second kappa shape index (κ2) is 4.57. The van der Waals surface area contributed by atoms with Crippen LogP contribution in [0.25, 0.3) is 0 Å². The molecule has 2 aromatic rings. The molecule has 0 amide bonds. The van der Waals surface area contributed by atoms with Crippen LogP contribution in [0.4, 0.5) is 11.4 Å². The highest BCUT2D eigenvalue weighted by Gasteiger charge is 2.00. The Morgan fingerprint density at radius 2 is 2.00 bits per heavy atom. The maximum atomic E-state index is 11.2. The van der Waals surface area contributed by atoms with Crippen LogP contribution in [0.1, 0.15) is 17.3 Å². The zero-order valence-corrected chi connectivity index (χ0v) is 8.97. The van der Waals surface area contributed by atoms with Crippen molar-refractivity contribution in [1.29, 1.82) is 0 Å². The Balaban J connectivity index is 2.22. The van der Waals surface area contributed by atoms with E-state index < -0.39 is 0 Å². The minimum absolute atomic E-state index is 0.0647. The Kier molecular flexibility index (Phi) is 2.96. The molecule has 1 heterocycles. The fourth-order valence-electron chi connectivity index (χ4n) is 1.42. The van der Waals surface area contributed by atoms with Crippen molar-refractivity contribution in [1.82, 2.24) is 4.98 Å². The summed E-state index contributed by atoms with van der Waals surface area (Å²) in [6, 6.07) is 11.2. The lowest BCUT2D eigenvalue weighted by atomic mass is 10.1. The third-order valence-corrected chi connectivity index (χ3v) is 2.22. The number of anilines is 2. The Hall–Kier alpha value is -2.16. The van der Waals surface area contributed by atoms with E-state index >= 15 is 0 Å². The first-order valence-electron chi connectivity index (χ1n) is 5.04. The minimum Gasteiger partial charge on any atom is -0.354 e. The average Bonchev–Trinajstić information content (AvgIpc) is 2.30. The number of hydrogen-bond donors (Lipinski definition) is 1. The van der Waals surface area contributed by atoms with Gasteiger partial charge in [0.05, 0.1) is 11.9 Å². The predicted octanol–water partition coefficient (Wildman–Crippen LogP) is 3.03. The van der Waals surface area contributed by atoms with Crippen LogP contribution in [-0.2, 0) is 0 Å². The number of benzene rings is 1. The maximum Gasteiger partial charge on any atom is 0.159 e. The Bertz CT molecular complexity index is 494. The van der Waals surface area contributed by atoms with Crippen LogP contribution in [0, 0.1) is 0 Å². The summed E-state index contributed by atoms with van der Waals surface area (Å²) in [5.41, 5.74) is 2.50. The zero-order valence-electron chi connectivity index (χ0n) is 8.97. The number of ketones is 1. The number of aromatic nitrogens is 1. The minimum atomic E-state index is 0.0647. The first kappa shape index (κ1) is 10.4. The van der Waals surface area contributed by atoms with Gasteiger partial charge in [-0.15, -0.1) is 0 Å². The standard InChI is InChI=1S/C13H12N2O/c1-10(16)11-4-2-5-12(8-11)15-13-6-3-7-14-9-13/h2-9,15H,1H3. The Labute approximate surface area is 94.1 Å². The first-order chi connectivity index (χ1) is 7.75. The summed E-state index contributed by atoms with van der Waals surface area (Å²) >= 11 is 0. The number of hydrogen-bond acceptors (Lipinski definition) is 3. The van der Waals surface area contributed by atoms with E-state index in [1.54, 1.807) is 25.4 Å². The topological polar surface area (TPSA) is 42.0 Å². The highest BCUT2D eigenvalue weighted by molar-refractivity contribution is 5.95. The smallest absolute Gasteiger partial charge is 0.159 e. The van der Waals surface area contributed by atoms with Crippen molar-refractivity contribution in [3.63, 3.8) is 0 Å². The molecule has 0 unspecified atom stereocenters. The van der Waals surface area contributed by atoms with E-state index in [1.807, 2.05) is 30.3 Å². The molecule has 0 fully saturated rings. The van der Waals surface area contributed by atoms with Gasteiger partial charge >= 0.3 is 0 Å². The summed E-state index contributed by atoms with van der Waals surface area (Å²) in [5.74, 6) is 0.0647. The SMILES string of the molecule is CC(=O)c1cccc(Nc2cccnc2)c1. The van der Waals surface area contributed by atoms with E-state index in [0.29, 0.717) is 5.56 Å². The molecule has 3 nitrogen and oxygen atoms in total. The molecule has 0 bridgehead atoms. The molecule has 1 aromatic heterocycles. The molecule has 2 rings (SSSR count). The Morgan fingerprint density at radius 1 is 1.19 bits per heavy atom. The van der Waals surface area contributed by atoms with Crippen LogP contribution in [0.2, 0.25) is 0 Å². The molecule has 1 N–H and O–H groups in total. The van der Waals surface area contributed by atoms with Gasteiger partial charge in [0.25, 0.3) is 0 Å². The molecule has 0 spiro atoms. The number of nitrogens with zero attached hydrogens (tertiary/aromatic N) is 1. The fourth-order valence-corrected chi connectivity index (χ4v) is 1.42. The van der Waals surface area contributed by atoms with Gasteiger partial charge in [0, 0.05) is 17.4 Å². The van der Waals surface area contributed by atoms with Crippen LogP contribution in [0.15, 0.2) is 48.8 Å². The fraction of sp³-hybridized carbons (Fsp3) is 0.0769. The van der Waals surface area contributed by atoms with E-state index in [2.05, 4.69) is 10.3 Å². The van der Waals surface area contributed by atoms with E-state index in [1.165, 1.54) is 0 Å². The monoisotopic (exact) mass is 212 g/mol. The summed E-state index contributed by atoms with van der Waals surface area (Å²) in [4.78, 5) is 15.2. The predicted molar refractivity (Wildman–Crippen MR) is 64.0 cm³/mol. The second-order valence-corrected chi connectivity index (χ2v) is 3.50. The number of pyridine rings is 1. The molecule has 3 heteroatoms. The van der Waals surface area contributed by atoms with Gasteiger partial charge in [-0.05, 0) is 31.2 Å². The van der Waals surface area contributed by atoms with Crippen LogP contribution in [0.3, 0.4) is 0 Å². The number of rotatable bonds is 3. The number of Topliss-reactive ketones (excluding diaryl/α,β-unsaturated/α-hetero) is 1. The van der Waals surface area contributed by atoms with Crippen molar-refractivity contribution in [2.75, 3.05) is 5.32 Å².